The lowest BCUT2D eigenvalue weighted by Crippen LogP contribution is -2.51. The van der Waals surface area contributed by atoms with Crippen molar-refractivity contribution in [2.45, 2.75) is 84.6 Å². The van der Waals surface area contributed by atoms with Crippen LogP contribution in [-0.2, 0) is 11.3 Å². The molecule has 0 aromatic carbocycles. The maximum atomic E-state index is 13.4. The Bertz CT molecular complexity index is 925. The summed E-state index contributed by atoms with van der Waals surface area (Å²) in [5.74, 6) is 8.01. The van der Waals surface area contributed by atoms with Crippen LogP contribution < -0.4 is 0 Å². The number of hydrogen-bond acceptors (Lipinski definition) is 3. The van der Waals surface area contributed by atoms with Gasteiger partial charge in [-0.1, -0.05) is 13.8 Å². The summed E-state index contributed by atoms with van der Waals surface area (Å²) in [5, 5.41) is 13.3. The molecular weight excluding hydrogens is 394 g/mol. The molecule has 1 unspecified atom stereocenters. The van der Waals surface area contributed by atoms with Gasteiger partial charge in [-0.05, 0) is 117 Å². The number of nitrogens with zero attached hydrogens (tertiary/aromatic N) is 3. The van der Waals surface area contributed by atoms with Crippen LogP contribution >= 0.6 is 0 Å². The largest absolute Gasteiger partial charge is 0.297 e. The summed E-state index contributed by atoms with van der Waals surface area (Å²) < 4.78 is 1.68. The first-order valence-corrected chi connectivity index (χ1v) is 13.4. The molecule has 5 fully saturated rings. The third-order valence-electron chi connectivity index (χ3n) is 11.0. The van der Waals surface area contributed by atoms with Crippen molar-refractivity contribution in [3.63, 3.8) is 0 Å². The molecule has 4 heteroatoms. The van der Waals surface area contributed by atoms with Crippen molar-refractivity contribution >= 4 is 5.78 Å². The molecule has 0 spiro atoms. The summed E-state index contributed by atoms with van der Waals surface area (Å²) in [5.41, 5.74) is 0.713. The highest BCUT2D eigenvalue weighted by atomic mass is 16.1. The van der Waals surface area contributed by atoms with Gasteiger partial charge in [0.2, 0.25) is 0 Å². The second-order valence-corrected chi connectivity index (χ2v) is 12.6. The van der Waals surface area contributed by atoms with E-state index in [9.17, 15) is 4.79 Å². The van der Waals surface area contributed by atoms with E-state index in [0.717, 1.165) is 53.8 Å². The molecule has 5 aliphatic carbocycles. The number of rotatable bonds is 4. The van der Waals surface area contributed by atoms with Gasteiger partial charge in [0, 0.05) is 12.1 Å². The minimum Gasteiger partial charge on any atom is -0.297 e. The molecule has 32 heavy (non-hydrogen) atoms. The molecule has 1 aromatic heterocycles. The minimum absolute atomic E-state index is 0.173. The van der Waals surface area contributed by atoms with Gasteiger partial charge in [0.15, 0.2) is 5.78 Å². The van der Waals surface area contributed by atoms with E-state index in [1.165, 1.54) is 57.8 Å². The van der Waals surface area contributed by atoms with Crippen LogP contribution in [0.3, 0.4) is 0 Å². The molecule has 0 N–H and O–H groups in total. The summed E-state index contributed by atoms with van der Waals surface area (Å²) in [6.07, 6.45) is 17.0. The van der Waals surface area contributed by atoms with Crippen molar-refractivity contribution in [1.82, 2.24) is 9.78 Å². The Balaban J connectivity index is 1.21. The first-order chi connectivity index (χ1) is 15.5. The van der Waals surface area contributed by atoms with Gasteiger partial charge in [-0.15, -0.1) is 0 Å². The molecule has 1 heterocycles. The van der Waals surface area contributed by atoms with Gasteiger partial charge in [-0.3, -0.25) is 9.48 Å². The number of hydrogen-bond donors (Lipinski definition) is 0. The van der Waals surface area contributed by atoms with Crippen LogP contribution in [0.25, 0.3) is 0 Å². The summed E-state index contributed by atoms with van der Waals surface area (Å²) in [4.78, 5) is 13.4. The van der Waals surface area contributed by atoms with E-state index in [0.29, 0.717) is 17.9 Å². The molecule has 0 saturated heterocycles. The average molecular weight is 434 g/mol. The lowest BCUT2D eigenvalue weighted by Gasteiger charge is -2.58. The van der Waals surface area contributed by atoms with Crippen LogP contribution in [-0.4, -0.2) is 15.6 Å². The second kappa shape index (κ2) is 7.71. The third kappa shape index (κ3) is 3.29. The van der Waals surface area contributed by atoms with E-state index >= 15 is 0 Å². The quantitative estimate of drug-likeness (QED) is 0.597. The number of carbonyl (C=O) groups excluding carboxylic acids is 1. The highest BCUT2D eigenvalue weighted by Gasteiger charge is 2.60. The lowest BCUT2D eigenvalue weighted by molar-refractivity contribution is -0.132. The topological polar surface area (TPSA) is 58.7 Å². The molecule has 6 rings (SSSR count). The van der Waals surface area contributed by atoms with Gasteiger partial charge < -0.3 is 0 Å². The van der Waals surface area contributed by atoms with Crippen LogP contribution in [0, 0.1) is 70.0 Å². The summed E-state index contributed by atoms with van der Waals surface area (Å²) >= 11 is 0. The highest BCUT2D eigenvalue weighted by Crippen LogP contribution is 2.66. The van der Waals surface area contributed by atoms with Crippen LogP contribution in [0.15, 0.2) is 12.4 Å². The Labute approximate surface area is 193 Å². The van der Waals surface area contributed by atoms with Gasteiger partial charge in [-0.2, -0.15) is 10.4 Å². The molecule has 4 nitrogen and oxygen atoms in total. The Hall–Kier alpha value is -1.63. The van der Waals surface area contributed by atoms with Gasteiger partial charge in [0.05, 0.1) is 18.3 Å². The van der Waals surface area contributed by atoms with E-state index in [2.05, 4.69) is 25.0 Å². The first-order valence-electron chi connectivity index (χ1n) is 13.4. The molecule has 0 bridgehead atoms. The van der Waals surface area contributed by atoms with Crippen molar-refractivity contribution in [2.75, 3.05) is 0 Å². The fourth-order valence-corrected chi connectivity index (χ4v) is 9.67. The molecule has 9 atom stereocenters. The van der Waals surface area contributed by atoms with E-state index in [1.54, 1.807) is 17.1 Å². The number of fused-ring (bicyclic) bond motifs is 5. The maximum absolute atomic E-state index is 13.4. The SMILES string of the molecule is C[C@H]1CC(C2CC2)[C@H]2[C@H](CC[C@@H]3[C@@H]2CC[C@]2(C)[C@@H](C(=O)Cn4cc(C#N)cn4)CC[C@@H]32)C1. The summed E-state index contributed by atoms with van der Waals surface area (Å²) in [7, 11) is 0. The lowest BCUT2D eigenvalue weighted by atomic mass is 9.47. The maximum Gasteiger partial charge on any atom is 0.157 e. The van der Waals surface area contributed by atoms with Crippen molar-refractivity contribution in [3.8, 4) is 6.07 Å². The van der Waals surface area contributed by atoms with Crippen LogP contribution in [0.4, 0.5) is 0 Å². The Morgan fingerprint density at radius 2 is 1.91 bits per heavy atom. The zero-order chi connectivity index (χ0) is 22.0. The summed E-state index contributed by atoms with van der Waals surface area (Å²) in [6.45, 7) is 5.30. The number of Topliss-reactive ketones (excluding diaryl/α,β-unsaturated/α-hetero) is 1. The van der Waals surface area contributed by atoms with Crippen LogP contribution in [0.2, 0.25) is 0 Å². The Morgan fingerprint density at radius 3 is 2.66 bits per heavy atom. The van der Waals surface area contributed by atoms with E-state index < -0.39 is 0 Å². The fourth-order valence-electron chi connectivity index (χ4n) is 9.67. The zero-order valence-corrected chi connectivity index (χ0v) is 19.9. The monoisotopic (exact) mass is 433 g/mol. The molecular formula is C28H39N3O. The number of ketones is 1. The normalized spacial score (nSPS) is 45.4. The standard InChI is InChI=1S/C28H39N3O/c1-17-11-20-5-6-21-22(27(20)23(12-17)19-3-4-19)9-10-28(2)24(21)7-8-25(28)26(32)16-31-15-18(13-29)14-30-31/h14-15,17,19-25,27H,3-12,16H2,1-2H3/t17-,20-,21-,22+,23?,24+,25-,27+,28+/m1/s1. The smallest absolute Gasteiger partial charge is 0.157 e. The molecule has 0 amide bonds. The number of aromatic nitrogens is 2. The number of nitriles is 1. The zero-order valence-electron chi connectivity index (χ0n) is 19.9. The fraction of sp³-hybridized carbons (Fsp3) is 0.821. The molecule has 1 aromatic rings. The van der Waals surface area contributed by atoms with Gasteiger partial charge in [-0.25, -0.2) is 0 Å². The second-order valence-electron chi connectivity index (χ2n) is 12.6. The predicted molar refractivity (Wildman–Crippen MR) is 123 cm³/mol. The van der Waals surface area contributed by atoms with Gasteiger partial charge in [0.25, 0.3) is 0 Å². The first kappa shape index (κ1) is 20.9. The molecule has 0 radical (unpaired) electrons. The number of carbonyl (C=O) groups is 1. The van der Waals surface area contributed by atoms with E-state index in [-0.39, 0.29) is 11.3 Å². The van der Waals surface area contributed by atoms with Gasteiger partial charge in [0.1, 0.15) is 6.07 Å². The van der Waals surface area contributed by atoms with Crippen molar-refractivity contribution in [3.05, 3.63) is 18.0 Å². The minimum atomic E-state index is 0.173. The molecule has 5 aliphatic rings. The van der Waals surface area contributed by atoms with E-state index in [4.69, 9.17) is 5.26 Å². The van der Waals surface area contributed by atoms with Crippen LogP contribution in [0.5, 0.6) is 0 Å². The van der Waals surface area contributed by atoms with Crippen molar-refractivity contribution < 1.29 is 4.79 Å². The summed E-state index contributed by atoms with van der Waals surface area (Å²) in [6, 6.07) is 2.12. The van der Waals surface area contributed by atoms with Crippen LogP contribution in [0.1, 0.15) is 83.6 Å². The molecule has 172 valence electrons. The van der Waals surface area contributed by atoms with Gasteiger partial charge >= 0.3 is 0 Å². The molecule has 0 aliphatic heterocycles. The Kier molecular flexibility index (Phi) is 5.05. The van der Waals surface area contributed by atoms with Crippen molar-refractivity contribution in [2.24, 2.45) is 58.7 Å². The highest BCUT2D eigenvalue weighted by molar-refractivity contribution is 5.82. The van der Waals surface area contributed by atoms with E-state index in [1.807, 2.05) is 0 Å². The van der Waals surface area contributed by atoms with Crippen molar-refractivity contribution in [1.29, 1.82) is 5.26 Å². The Morgan fingerprint density at radius 1 is 1.09 bits per heavy atom. The average Bonchev–Trinajstić information content (AvgIpc) is 3.42. The predicted octanol–water partition coefficient (Wildman–Crippen LogP) is 5.86. The third-order valence-corrected chi connectivity index (χ3v) is 11.0. The molecule has 5 saturated carbocycles.